The first-order valence-electron chi connectivity index (χ1n) is 4.29. The molecule has 0 aromatic rings. The van der Waals surface area contributed by atoms with Gasteiger partial charge in [0.2, 0.25) is 5.91 Å². The van der Waals surface area contributed by atoms with E-state index in [0.717, 1.165) is 13.0 Å². The van der Waals surface area contributed by atoms with Gasteiger partial charge in [-0.05, 0) is 20.0 Å². The molecule has 1 saturated heterocycles. The lowest BCUT2D eigenvalue weighted by atomic mass is 10.1. The normalized spacial score (nSPS) is 26.4. The molecule has 1 aliphatic rings. The molecule has 0 aromatic carbocycles. The third-order valence-corrected chi connectivity index (χ3v) is 2.42. The topological polar surface area (TPSA) is 49.6 Å². The number of piperazine rings is 1. The van der Waals surface area contributed by atoms with E-state index in [1.54, 1.807) is 4.90 Å². The smallest absolute Gasteiger partial charge is 0.236 e. The van der Waals surface area contributed by atoms with Gasteiger partial charge < -0.3 is 10.6 Å². The maximum Gasteiger partial charge on any atom is 0.236 e. The van der Waals surface area contributed by atoms with Crippen molar-refractivity contribution in [1.29, 1.82) is 0 Å². The van der Waals surface area contributed by atoms with E-state index in [9.17, 15) is 4.79 Å². The summed E-state index contributed by atoms with van der Waals surface area (Å²) in [6, 6.07) is 0.442. The molecule has 1 unspecified atom stereocenters. The highest BCUT2D eigenvalue weighted by Crippen LogP contribution is 2.09. The lowest BCUT2D eigenvalue weighted by molar-refractivity contribution is -0.136. The number of amides is 1. The molecular formula is C8H17N3O. The van der Waals surface area contributed by atoms with Crippen molar-refractivity contribution in [1.82, 2.24) is 9.80 Å². The summed E-state index contributed by atoms with van der Waals surface area (Å²) in [5.41, 5.74) is 5.47. The lowest BCUT2D eigenvalue weighted by Crippen LogP contribution is -2.53. The largest absolute Gasteiger partial charge is 0.343 e. The molecule has 4 heteroatoms. The zero-order valence-electron chi connectivity index (χ0n) is 7.79. The van der Waals surface area contributed by atoms with E-state index in [2.05, 4.69) is 4.90 Å². The van der Waals surface area contributed by atoms with Crippen LogP contribution in [0, 0.1) is 0 Å². The van der Waals surface area contributed by atoms with Gasteiger partial charge >= 0.3 is 0 Å². The van der Waals surface area contributed by atoms with Crippen LogP contribution in [0.5, 0.6) is 0 Å². The Hall–Kier alpha value is -0.610. The molecule has 0 aliphatic carbocycles. The van der Waals surface area contributed by atoms with Crippen LogP contribution in [0.25, 0.3) is 0 Å². The Morgan fingerprint density at radius 3 is 2.83 bits per heavy atom. The molecule has 2 N–H and O–H groups in total. The molecule has 4 nitrogen and oxygen atoms in total. The van der Waals surface area contributed by atoms with Crippen LogP contribution in [0.2, 0.25) is 0 Å². The Labute approximate surface area is 73.3 Å². The maximum atomic E-state index is 11.2. The number of hydrogen-bond donors (Lipinski definition) is 1. The Bertz CT molecular complexity index is 172. The van der Waals surface area contributed by atoms with Gasteiger partial charge in [0.05, 0.1) is 6.54 Å². The maximum absolute atomic E-state index is 11.2. The summed E-state index contributed by atoms with van der Waals surface area (Å²) >= 11 is 0. The first-order valence-corrected chi connectivity index (χ1v) is 4.29. The summed E-state index contributed by atoms with van der Waals surface area (Å²) in [5.74, 6) is 0.200. The van der Waals surface area contributed by atoms with Crippen molar-refractivity contribution < 1.29 is 4.79 Å². The predicted molar refractivity (Wildman–Crippen MR) is 47.7 cm³/mol. The summed E-state index contributed by atoms with van der Waals surface area (Å²) < 4.78 is 0. The average Bonchev–Trinajstić information content (AvgIpc) is 2.01. The number of rotatable bonds is 2. The van der Waals surface area contributed by atoms with E-state index < -0.39 is 0 Å². The van der Waals surface area contributed by atoms with Gasteiger partial charge in [0, 0.05) is 19.6 Å². The molecule has 1 aliphatic heterocycles. The molecule has 0 aromatic heterocycles. The van der Waals surface area contributed by atoms with Gasteiger partial charge in [-0.2, -0.15) is 0 Å². The van der Waals surface area contributed by atoms with Gasteiger partial charge in [-0.15, -0.1) is 0 Å². The van der Waals surface area contributed by atoms with Gasteiger partial charge in [-0.1, -0.05) is 0 Å². The Morgan fingerprint density at radius 1 is 1.58 bits per heavy atom. The molecule has 1 rings (SSSR count). The second kappa shape index (κ2) is 3.87. The molecule has 0 spiro atoms. The van der Waals surface area contributed by atoms with Crippen molar-refractivity contribution in [2.45, 2.75) is 12.5 Å². The van der Waals surface area contributed by atoms with Crippen LogP contribution in [0.3, 0.4) is 0 Å². The van der Waals surface area contributed by atoms with Crippen LogP contribution in [-0.2, 0) is 4.79 Å². The van der Waals surface area contributed by atoms with Crippen LogP contribution < -0.4 is 5.73 Å². The van der Waals surface area contributed by atoms with E-state index in [4.69, 9.17) is 5.73 Å². The Kier molecular flexibility index (Phi) is 3.05. The van der Waals surface area contributed by atoms with Crippen LogP contribution in [0.1, 0.15) is 6.42 Å². The van der Waals surface area contributed by atoms with E-state index in [-0.39, 0.29) is 5.91 Å². The number of nitrogens with two attached hydrogens (primary N) is 1. The fourth-order valence-electron chi connectivity index (χ4n) is 1.52. The van der Waals surface area contributed by atoms with E-state index >= 15 is 0 Å². The second-order valence-corrected chi connectivity index (χ2v) is 3.42. The number of carbonyl (C=O) groups is 1. The van der Waals surface area contributed by atoms with Crippen molar-refractivity contribution in [3.8, 4) is 0 Å². The Balaban J connectivity index is 2.49. The van der Waals surface area contributed by atoms with Gasteiger partial charge in [0.15, 0.2) is 0 Å². The van der Waals surface area contributed by atoms with Crippen LogP contribution in [0.4, 0.5) is 0 Å². The highest BCUT2D eigenvalue weighted by molar-refractivity contribution is 5.78. The van der Waals surface area contributed by atoms with Crippen LogP contribution in [0.15, 0.2) is 0 Å². The standard InChI is InChI=1S/C8H17N3O/c1-10-6-8(12)11(2)5-7(10)3-4-9/h7H,3-6,9H2,1-2H3. The number of likely N-dealkylation sites (N-methyl/N-ethyl adjacent to an activating group) is 2. The molecule has 1 atom stereocenters. The van der Waals surface area contributed by atoms with Gasteiger partial charge in [0.25, 0.3) is 0 Å². The number of carbonyl (C=O) groups excluding carboxylic acids is 1. The summed E-state index contributed by atoms with van der Waals surface area (Å²) in [7, 11) is 3.82. The molecule has 1 amide bonds. The molecule has 12 heavy (non-hydrogen) atoms. The molecule has 1 heterocycles. The summed E-state index contributed by atoms with van der Waals surface area (Å²) in [4.78, 5) is 15.1. The zero-order chi connectivity index (χ0) is 9.14. The van der Waals surface area contributed by atoms with Crippen molar-refractivity contribution in [2.75, 3.05) is 33.7 Å². The molecular weight excluding hydrogens is 154 g/mol. The van der Waals surface area contributed by atoms with Crippen LogP contribution in [-0.4, -0.2) is 55.5 Å². The number of hydrogen-bond acceptors (Lipinski definition) is 3. The van der Waals surface area contributed by atoms with E-state index in [1.165, 1.54) is 0 Å². The monoisotopic (exact) mass is 171 g/mol. The van der Waals surface area contributed by atoms with Crippen LogP contribution >= 0.6 is 0 Å². The van der Waals surface area contributed by atoms with Crippen molar-refractivity contribution in [2.24, 2.45) is 5.73 Å². The van der Waals surface area contributed by atoms with Gasteiger partial charge in [-0.3, -0.25) is 9.69 Å². The highest BCUT2D eigenvalue weighted by atomic mass is 16.2. The van der Waals surface area contributed by atoms with E-state index in [1.807, 2.05) is 14.1 Å². The van der Waals surface area contributed by atoms with Crippen molar-refractivity contribution in [3.05, 3.63) is 0 Å². The Morgan fingerprint density at radius 2 is 2.25 bits per heavy atom. The third-order valence-electron chi connectivity index (χ3n) is 2.42. The van der Waals surface area contributed by atoms with Gasteiger partial charge in [0.1, 0.15) is 0 Å². The molecule has 0 bridgehead atoms. The van der Waals surface area contributed by atoms with Crippen molar-refractivity contribution in [3.63, 3.8) is 0 Å². The third kappa shape index (κ3) is 1.95. The zero-order valence-corrected chi connectivity index (χ0v) is 7.79. The molecule has 0 saturated carbocycles. The highest BCUT2D eigenvalue weighted by Gasteiger charge is 2.26. The minimum Gasteiger partial charge on any atom is -0.343 e. The summed E-state index contributed by atoms with van der Waals surface area (Å²) in [6.07, 6.45) is 0.966. The average molecular weight is 171 g/mol. The van der Waals surface area contributed by atoms with Crippen molar-refractivity contribution >= 4 is 5.91 Å². The minimum absolute atomic E-state index is 0.200. The van der Waals surface area contributed by atoms with Gasteiger partial charge in [-0.25, -0.2) is 0 Å². The SMILES string of the molecule is CN1CC(CCN)N(C)CC1=O. The summed E-state index contributed by atoms with van der Waals surface area (Å²) in [5, 5.41) is 0. The quantitative estimate of drug-likeness (QED) is 0.586. The molecule has 1 fully saturated rings. The molecule has 0 radical (unpaired) electrons. The lowest BCUT2D eigenvalue weighted by Gasteiger charge is -2.37. The summed E-state index contributed by atoms with van der Waals surface area (Å²) in [6.45, 7) is 2.03. The first kappa shape index (κ1) is 9.48. The minimum atomic E-state index is 0.200. The fourth-order valence-corrected chi connectivity index (χ4v) is 1.52. The molecule has 70 valence electrons. The number of nitrogens with zero attached hydrogens (tertiary/aromatic N) is 2. The van der Waals surface area contributed by atoms with E-state index in [0.29, 0.717) is 19.1 Å². The predicted octanol–water partition coefficient (Wildman–Crippen LogP) is -0.892. The second-order valence-electron chi connectivity index (χ2n) is 3.42. The fraction of sp³-hybridized carbons (Fsp3) is 0.875. The first-order chi connectivity index (χ1) is 5.65.